The fraction of sp³-hybridized carbons (Fsp3) is 0.529. The zero-order valence-corrected chi connectivity index (χ0v) is 13.1. The lowest BCUT2D eigenvalue weighted by molar-refractivity contribution is 0.183. The molecule has 0 saturated carbocycles. The van der Waals surface area contributed by atoms with E-state index in [-0.39, 0.29) is 0 Å². The van der Waals surface area contributed by atoms with Crippen LogP contribution in [0, 0.1) is 0 Å². The van der Waals surface area contributed by atoms with E-state index in [1.807, 2.05) is 0 Å². The maximum absolute atomic E-state index is 6.15. The molecular weight excluding hydrogens is 250 g/mol. The van der Waals surface area contributed by atoms with Gasteiger partial charge in [0.1, 0.15) is 11.3 Å². The van der Waals surface area contributed by atoms with Crippen molar-refractivity contribution < 1.29 is 9.15 Å². The number of para-hydroxylation sites is 1. The van der Waals surface area contributed by atoms with E-state index in [0.717, 1.165) is 23.5 Å². The molecule has 1 N–H and O–H groups in total. The summed E-state index contributed by atoms with van der Waals surface area (Å²) in [4.78, 5) is 0. The average Bonchev–Trinajstić information content (AvgIpc) is 2.75. The summed E-state index contributed by atoms with van der Waals surface area (Å²) in [5, 5.41) is 4.60. The topological polar surface area (TPSA) is 34.4 Å². The number of furan rings is 1. The highest BCUT2D eigenvalue weighted by Crippen LogP contribution is 2.32. The van der Waals surface area contributed by atoms with Crippen molar-refractivity contribution in [2.75, 3.05) is 7.11 Å². The van der Waals surface area contributed by atoms with Gasteiger partial charge >= 0.3 is 0 Å². The molecule has 0 unspecified atom stereocenters. The molecule has 1 heterocycles. The Morgan fingerprint density at radius 1 is 1.20 bits per heavy atom. The van der Waals surface area contributed by atoms with Crippen LogP contribution in [0.1, 0.15) is 50.5 Å². The second kappa shape index (κ2) is 6.42. The molecule has 2 aromatic rings. The van der Waals surface area contributed by atoms with Gasteiger partial charge in [0.15, 0.2) is 0 Å². The molecule has 0 aliphatic heterocycles. The van der Waals surface area contributed by atoms with Crippen LogP contribution in [0.3, 0.4) is 0 Å². The molecule has 0 aliphatic carbocycles. The minimum absolute atomic E-state index is 0.433. The van der Waals surface area contributed by atoms with E-state index in [1.54, 1.807) is 7.11 Å². The molecule has 0 bridgehead atoms. The molecule has 0 fully saturated rings. The van der Waals surface area contributed by atoms with E-state index in [1.165, 1.54) is 10.9 Å². The molecule has 3 heteroatoms. The van der Waals surface area contributed by atoms with Crippen molar-refractivity contribution in [1.29, 1.82) is 0 Å². The van der Waals surface area contributed by atoms with Gasteiger partial charge in [0.2, 0.25) is 0 Å². The molecule has 0 amide bonds. The predicted octanol–water partition coefficient (Wildman–Crippen LogP) is 4.20. The summed E-state index contributed by atoms with van der Waals surface area (Å²) >= 11 is 0. The fourth-order valence-electron chi connectivity index (χ4n) is 2.44. The summed E-state index contributed by atoms with van der Waals surface area (Å²) in [5.74, 6) is 1.44. The van der Waals surface area contributed by atoms with Crippen LogP contribution in [0.15, 0.2) is 22.6 Å². The van der Waals surface area contributed by atoms with Crippen LogP contribution in [0.5, 0.6) is 0 Å². The number of benzene rings is 1. The minimum atomic E-state index is 0.433. The average molecular weight is 275 g/mol. The molecule has 20 heavy (non-hydrogen) atoms. The highest BCUT2D eigenvalue weighted by atomic mass is 16.5. The lowest BCUT2D eigenvalue weighted by atomic mass is 10.00. The monoisotopic (exact) mass is 275 g/mol. The largest absolute Gasteiger partial charge is 0.459 e. The fourth-order valence-corrected chi connectivity index (χ4v) is 2.44. The van der Waals surface area contributed by atoms with Crippen LogP contribution in [0.4, 0.5) is 0 Å². The van der Waals surface area contributed by atoms with Gasteiger partial charge < -0.3 is 14.5 Å². The van der Waals surface area contributed by atoms with E-state index in [0.29, 0.717) is 18.6 Å². The number of rotatable bonds is 6. The van der Waals surface area contributed by atoms with Gasteiger partial charge in [-0.1, -0.05) is 45.9 Å². The van der Waals surface area contributed by atoms with Crippen LogP contribution in [0.2, 0.25) is 0 Å². The summed E-state index contributed by atoms with van der Waals surface area (Å²) in [6.07, 6.45) is 0. The van der Waals surface area contributed by atoms with Gasteiger partial charge in [-0.2, -0.15) is 0 Å². The van der Waals surface area contributed by atoms with Crippen molar-refractivity contribution >= 4 is 11.0 Å². The number of methoxy groups -OCH3 is 1. The Bertz CT molecular complexity index is 570. The first-order chi connectivity index (χ1) is 9.54. The highest BCUT2D eigenvalue weighted by Gasteiger charge is 2.17. The maximum Gasteiger partial charge on any atom is 0.138 e. The third-order valence-corrected chi connectivity index (χ3v) is 3.51. The Balaban J connectivity index is 2.50. The van der Waals surface area contributed by atoms with E-state index in [4.69, 9.17) is 9.15 Å². The predicted molar refractivity (Wildman–Crippen MR) is 83.0 cm³/mol. The van der Waals surface area contributed by atoms with Crippen molar-refractivity contribution in [2.24, 2.45) is 0 Å². The Labute approximate surface area is 121 Å². The summed E-state index contributed by atoms with van der Waals surface area (Å²) < 4.78 is 11.5. The third kappa shape index (κ3) is 3.05. The van der Waals surface area contributed by atoms with Crippen LogP contribution in [0.25, 0.3) is 11.0 Å². The second-order valence-electron chi connectivity index (χ2n) is 5.85. The van der Waals surface area contributed by atoms with Crippen molar-refractivity contribution in [3.63, 3.8) is 0 Å². The van der Waals surface area contributed by atoms with Crippen molar-refractivity contribution in [3.05, 3.63) is 35.1 Å². The van der Waals surface area contributed by atoms with Gasteiger partial charge in [0.25, 0.3) is 0 Å². The molecule has 110 valence electrons. The molecule has 3 nitrogen and oxygen atoms in total. The molecule has 0 spiro atoms. The first-order valence-corrected chi connectivity index (χ1v) is 7.30. The zero-order chi connectivity index (χ0) is 14.7. The normalized spacial score (nSPS) is 11.9. The minimum Gasteiger partial charge on any atom is -0.459 e. The van der Waals surface area contributed by atoms with Gasteiger partial charge in [0, 0.05) is 24.1 Å². The Morgan fingerprint density at radius 2 is 1.95 bits per heavy atom. The van der Waals surface area contributed by atoms with Gasteiger partial charge in [-0.15, -0.1) is 0 Å². The molecule has 0 aliphatic rings. The Kier molecular flexibility index (Phi) is 4.84. The van der Waals surface area contributed by atoms with Crippen molar-refractivity contribution in [1.82, 2.24) is 5.32 Å². The quantitative estimate of drug-likeness (QED) is 0.858. The SMILES string of the molecule is COCc1c(CNC(C)C)oc2c(C(C)C)cccc12. The van der Waals surface area contributed by atoms with Gasteiger partial charge in [-0.3, -0.25) is 0 Å². The molecular formula is C17H25NO2. The second-order valence-corrected chi connectivity index (χ2v) is 5.85. The standard InChI is InChI=1S/C17H25NO2/c1-11(2)13-7-6-8-14-15(10-19-5)16(20-17(13)14)9-18-12(3)4/h6-8,11-12,18H,9-10H2,1-5H3. The van der Waals surface area contributed by atoms with Gasteiger partial charge in [-0.05, 0) is 11.5 Å². The van der Waals surface area contributed by atoms with Crippen LogP contribution >= 0.6 is 0 Å². The van der Waals surface area contributed by atoms with Crippen molar-refractivity contribution in [3.8, 4) is 0 Å². The van der Waals surface area contributed by atoms with Crippen LogP contribution in [-0.2, 0) is 17.9 Å². The smallest absolute Gasteiger partial charge is 0.138 e. The van der Waals surface area contributed by atoms with E-state index in [9.17, 15) is 0 Å². The van der Waals surface area contributed by atoms with E-state index < -0.39 is 0 Å². The molecule has 0 radical (unpaired) electrons. The number of hydrogen-bond donors (Lipinski definition) is 1. The van der Waals surface area contributed by atoms with Crippen LogP contribution < -0.4 is 5.32 Å². The van der Waals surface area contributed by atoms with Gasteiger partial charge in [0.05, 0.1) is 13.2 Å². The lowest BCUT2D eigenvalue weighted by Gasteiger charge is -2.07. The zero-order valence-electron chi connectivity index (χ0n) is 13.1. The Morgan fingerprint density at radius 3 is 2.55 bits per heavy atom. The molecule has 0 saturated heterocycles. The van der Waals surface area contributed by atoms with Crippen LogP contribution in [-0.4, -0.2) is 13.2 Å². The Hall–Kier alpha value is -1.32. The van der Waals surface area contributed by atoms with E-state index >= 15 is 0 Å². The lowest BCUT2D eigenvalue weighted by Crippen LogP contribution is -2.22. The molecule has 0 atom stereocenters. The maximum atomic E-state index is 6.15. The first kappa shape index (κ1) is 15.1. The van der Waals surface area contributed by atoms with Crippen molar-refractivity contribution in [2.45, 2.75) is 52.8 Å². The van der Waals surface area contributed by atoms with E-state index in [2.05, 4.69) is 51.2 Å². The summed E-state index contributed by atoms with van der Waals surface area (Å²) in [6.45, 7) is 9.99. The third-order valence-electron chi connectivity index (χ3n) is 3.51. The number of ether oxygens (including phenoxy) is 1. The first-order valence-electron chi connectivity index (χ1n) is 7.30. The molecule has 1 aromatic carbocycles. The summed E-state index contributed by atoms with van der Waals surface area (Å²) in [6, 6.07) is 6.81. The number of nitrogens with one attached hydrogen (secondary N) is 1. The number of fused-ring (bicyclic) bond motifs is 1. The highest BCUT2D eigenvalue weighted by molar-refractivity contribution is 5.85. The summed E-state index contributed by atoms with van der Waals surface area (Å²) in [5.41, 5.74) is 3.43. The summed E-state index contributed by atoms with van der Waals surface area (Å²) in [7, 11) is 1.73. The molecule has 2 rings (SSSR count). The number of hydrogen-bond acceptors (Lipinski definition) is 3. The van der Waals surface area contributed by atoms with Gasteiger partial charge in [-0.25, -0.2) is 0 Å². The molecule has 1 aromatic heterocycles.